The van der Waals surface area contributed by atoms with Crippen molar-refractivity contribution in [2.24, 2.45) is 5.92 Å². The smallest absolute Gasteiger partial charge is 0.00886 e. The van der Waals surface area contributed by atoms with Gasteiger partial charge in [-0.05, 0) is 18.8 Å². The lowest BCUT2D eigenvalue weighted by Gasteiger charge is -2.14. The van der Waals surface area contributed by atoms with Crippen LogP contribution in [0.4, 0.5) is 0 Å². The molecule has 0 aromatic rings. The molecule has 0 saturated heterocycles. The zero-order valence-corrected chi connectivity index (χ0v) is 16.0. The lowest BCUT2D eigenvalue weighted by atomic mass is 9.91. The van der Waals surface area contributed by atoms with Gasteiger partial charge in [-0.25, -0.2) is 0 Å². The number of hydrogen-bond donors (Lipinski definition) is 0. The number of hydrogen-bond acceptors (Lipinski definition) is 0. The summed E-state index contributed by atoms with van der Waals surface area (Å²) in [6, 6.07) is 0. The Morgan fingerprint density at radius 3 is 1.74 bits per heavy atom. The summed E-state index contributed by atoms with van der Waals surface area (Å²) in [5, 5.41) is 0. The lowest BCUT2D eigenvalue weighted by Crippen LogP contribution is -2.00. The molecule has 0 bridgehead atoms. The van der Waals surface area contributed by atoms with Gasteiger partial charge in [-0.15, -0.1) is 11.8 Å². The van der Waals surface area contributed by atoms with Crippen LogP contribution in [0.5, 0.6) is 0 Å². The molecule has 0 heterocycles. The van der Waals surface area contributed by atoms with Gasteiger partial charge in [-0.3, -0.25) is 0 Å². The standard InChI is InChI=1S/C23H42/c1-4-7-9-10-11-12-13-14-15-16-17-18-19-22-23(20-6-3)21-8-5-2/h23H,1-2,4-14,17-22H2,3H3. The molecule has 1 atom stereocenters. The van der Waals surface area contributed by atoms with Crippen LogP contribution in [-0.2, 0) is 0 Å². The molecule has 0 aliphatic carbocycles. The fourth-order valence-electron chi connectivity index (χ4n) is 3.19. The second-order valence-corrected chi connectivity index (χ2v) is 6.97. The van der Waals surface area contributed by atoms with E-state index >= 15 is 0 Å². The van der Waals surface area contributed by atoms with Crippen LogP contribution in [0.15, 0.2) is 0 Å². The van der Waals surface area contributed by atoms with E-state index < -0.39 is 0 Å². The average Bonchev–Trinajstić information content (AvgIpc) is 2.56. The minimum Gasteiger partial charge on any atom is -0.103 e. The Kier molecular flexibility index (Phi) is 19.2. The van der Waals surface area contributed by atoms with E-state index in [0.29, 0.717) is 0 Å². The summed E-state index contributed by atoms with van der Waals surface area (Å²) in [5.74, 6) is 7.69. The fraction of sp³-hybridized carbons (Fsp3) is 0.826. The second kappa shape index (κ2) is 19.6. The molecule has 0 aromatic heterocycles. The first kappa shape index (κ1) is 22.6. The van der Waals surface area contributed by atoms with Crippen molar-refractivity contribution in [3.63, 3.8) is 0 Å². The van der Waals surface area contributed by atoms with Gasteiger partial charge in [0.15, 0.2) is 0 Å². The molecule has 0 N–H and O–H groups in total. The minimum atomic E-state index is 0.943. The van der Waals surface area contributed by atoms with E-state index in [2.05, 4.69) is 32.6 Å². The molecule has 134 valence electrons. The molecule has 23 heavy (non-hydrogen) atoms. The summed E-state index contributed by atoms with van der Waals surface area (Å²) in [5.41, 5.74) is 0. The van der Waals surface area contributed by atoms with Gasteiger partial charge in [0.05, 0.1) is 0 Å². The van der Waals surface area contributed by atoms with Crippen LogP contribution in [0, 0.1) is 31.6 Å². The van der Waals surface area contributed by atoms with E-state index in [9.17, 15) is 0 Å². The van der Waals surface area contributed by atoms with Crippen LogP contribution in [0.2, 0.25) is 0 Å². The zero-order valence-electron chi connectivity index (χ0n) is 16.0. The van der Waals surface area contributed by atoms with E-state index in [1.54, 1.807) is 0 Å². The first-order valence-corrected chi connectivity index (χ1v) is 10.4. The Hall–Kier alpha value is -0.440. The third kappa shape index (κ3) is 17.7. The van der Waals surface area contributed by atoms with Gasteiger partial charge in [0.1, 0.15) is 0 Å². The molecule has 2 radical (unpaired) electrons. The molecular formula is C23H42. The zero-order chi connectivity index (χ0) is 17.0. The summed E-state index contributed by atoms with van der Waals surface area (Å²) < 4.78 is 0. The Morgan fingerprint density at radius 1 is 0.609 bits per heavy atom. The fourth-order valence-corrected chi connectivity index (χ4v) is 3.19. The van der Waals surface area contributed by atoms with Crippen molar-refractivity contribution in [3.8, 4) is 11.8 Å². The summed E-state index contributed by atoms with van der Waals surface area (Å²) in [7, 11) is 0. The van der Waals surface area contributed by atoms with E-state index in [4.69, 9.17) is 0 Å². The lowest BCUT2D eigenvalue weighted by molar-refractivity contribution is 0.391. The maximum atomic E-state index is 3.97. The monoisotopic (exact) mass is 318 g/mol. The minimum absolute atomic E-state index is 0.943. The van der Waals surface area contributed by atoms with Crippen molar-refractivity contribution >= 4 is 0 Å². The van der Waals surface area contributed by atoms with Crippen LogP contribution in [0.1, 0.15) is 116 Å². The first-order valence-electron chi connectivity index (χ1n) is 10.4. The molecule has 0 fully saturated rings. The van der Waals surface area contributed by atoms with Crippen molar-refractivity contribution < 1.29 is 0 Å². The molecule has 0 saturated carbocycles. The van der Waals surface area contributed by atoms with Crippen LogP contribution >= 0.6 is 0 Å². The molecule has 0 spiro atoms. The van der Waals surface area contributed by atoms with Crippen LogP contribution in [0.3, 0.4) is 0 Å². The average molecular weight is 319 g/mol. The number of unbranched alkanes of at least 4 members (excludes halogenated alkanes) is 10. The van der Waals surface area contributed by atoms with E-state index in [1.165, 1.54) is 83.5 Å². The Bertz CT molecular complexity index is 267. The quantitative estimate of drug-likeness (QED) is 0.200. The molecule has 0 aliphatic heterocycles. The van der Waals surface area contributed by atoms with Gasteiger partial charge in [-0.2, -0.15) is 0 Å². The Morgan fingerprint density at radius 2 is 1.13 bits per heavy atom. The van der Waals surface area contributed by atoms with Crippen LogP contribution in [0.25, 0.3) is 0 Å². The van der Waals surface area contributed by atoms with Crippen molar-refractivity contribution in [2.75, 3.05) is 0 Å². The third-order valence-electron chi connectivity index (χ3n) is 4.65. The van der Waals surface area contributed by atoms with Gasteiger partial charge in [0, 0.05) is 12.8 Å². The van der Waals surface area contributed by atoms with Crippen molar-refractivity contribution in [1.82, 2.24) is 0 Å². The topological polar surface area (TPSA) is 0 Å². The van der Waals surface area contributed by atoms with Crippen LogP contribution in [-0.4, -0.2) is 0 Å². The van der Waals surface area contributed by atoms with Crippen molar-refractivity contribution in [3.05, 3.63) is 13.8 Å². The first-order chi connectivity index (χ1) is 11.3. The van der Waals surface area contributed by atoms with Crippen molar-refractivity contribution in [1.29, 1.82) is 0 Å². The highest BCUT2D eigenvalue weighted by Gasteiger charge is 2.06. The number of rotatable bonds is 16. The molecule has 0 nitrogen and oxygen atoms in total. The maximum Gasteiger partial charge on any atom is 0.00886 e. The normalized spacial score (nSPS) is 12.0. The molecule has 0 aromatic carbocycles. The van der Waals surface area contributed by atoms with E-state index in [1.807, 2.05) is 0 Å². The SMILES string of the molecule is [CH2]CCCCCCCCC#CCCCCC(CCC)CCC[CH2]. The molecule has 0 heteroatoms. The highest BCUT2D eigenvalue weighted by Crippen LogP contribution is 2.21. The van der Waals surface area contributed by atoms with Gasteiger partial charge in [0.2, 0.25) is 0 Å². The van der Waals surface area contributed by atoms with Gasteiger partial charge >= 0.3 is 0 Å². The Balaban J connectivity index is 3.39. The van der Waals surface area contributed by atoms with E-state index in [-0.39, 0.29) is 0 Å². The molecule has 0 amide bonds. The molecule has 0 rings (SSSR count). The van der Waals surface area contributed by atoms with E-state index in [0.717, 1.165) is 31.6 Å². The molecule has 1 unspecified atom stereocenters. The van der Waals surface area contributed by atoms with Gasteiger partial charge in [-0.1, -0.05) is 104 Å². The third-order valence-corrected chi connectivity index (χ3v) is 4.65. The predicted octanol–water partition coefficient (Wildman–Crippen LogP) is 7.93. The highest BCUT2D eigenvalue weighted by atomic mass is 14.1. The second-order valence-electron chi connectivity index (χ2n) is 6.97. The predicted molar refractivity (Wildman–Crippen MR) is 106 cm³/mol. The van der Waals surface area contributed by atoms with Crippen molar-refractivity contribution in [2.45, 2.75) is 116 Å². The maximum absolute atomic E-state index is 3.97. The van der Waals surface area contributed by atoms with Crippen LogP contribution < -0.4 is 0 Å². The molecular weight excluding hydrogens is 276 g/mol. The highest BCUT2D eigenvalue weighted by molar-refractivity contribution is 4.98. The largest absolute Gasteiger partial charge is 0.103 e. The Labute approximate surface area is 148 Å². The van der Waals surface area contributed by atoms with Gasteiger partial charge in [0.25, 0.3) is 0 Å². The summed E-state index contributed by atoms with van der Waals surface area (Å²) in [6.07, 6.45) is 22.0. The molecule has 0 aliphatic rings. The van der Waals surface area contributed by atoms with Gasteiger partial charge < -0.3 is 0 Å². The summed E-state index contributed by atoms with van der Waals surface area (Å²) in [6.45, 7) is 10.2. The summed E-state index contributed by atoms with van der Waals surface area (Å²) >= 11 is 0. The summed E-state index contributed by atoms with van der Waals surface area (Å²) in [4.78, 5) is 0.